The molecule has 2 aromatic heterocycles. The van der Waals surface area contributed by atoms with Crippen molar-refractivity contribution in [3.63, 3.8) is 0 Å². The second-order valence-corrected chi connectivity index (χ2v) is 6.50. The molecule has 126 valence electrons. The van der Waals surface area contributed by atoms with E-state index in [-0.39, 0.29) is 0 Å². The molecule has 6 nitrogen and oxygen atoms in total. The van der Waals surface area contributed by atoms with Crippen LogP contribution in [0.25, 0.3) is 5.65 Å². The van der Waals surface area contributed by atoms with Gasteiger partial charge in [0.15, 0.2) is 0 Å². The first-order chi connectivity index (χ1) is 11.3. The molecule has 0 radical (unpaired) electrons. The maximum Gasteiger partial charge on any atom is 0.200 e. The first-order valence-corrected chi connectivity index (χ1v) is 8.91. The van der Waals surface area contributed by atoms with Crippen LogP contribution < -0.4 is 4.90 Å². The van der Waals surface area contributed by atoms with E-state index in [1.165, 1.54) is 51.7 Å². The fourth-order valence-electron chi connectivity index (χ4n) is 3.33. The molecule has 0 unspecified atom stereocenters. The van der Waals surface area contributed by atoms with Gasteiger partial charge < -0.3 is 9.80 Å². The number of nitrogens with zero attached hydrogens (tertiary/aromatic N) is 6. The minimum atomic E-state index is 0.847. The van der Waals surface area contributed by atoms with E-state index in [2.05, 4.69) is 45.1 Å². The van der Waals surface area contributed by atoms with Crippen molar-refractivity contribution >= 4 is 11.3 Å². The molecule has 0 atom stereocenters. The Balaban J connectivity index is 1.61. The summed E-state index contributed by atoms with van der Waals surface area (Å²) in [4.78, 5) is 4.92. The third-order valence-electron chi connectivity index (χ3n) is 4.74. The summed E-state index contributed by atoms with van der Waals surface area (Å²) in [5.41, 5.74) is 3.05. The molecule has 1 aliphatic rings. The number of anilines is 1. The number of aromatic nitrogens is 4. The quantitative estimate of drug-likeness (QED) is 0.819. The Morgan fingerprint density at radius 3 is 2.70 bits per heavy atom. The summed E-state index contributed by atoms with van der Waals surface area (Å²) in [6.07, 6.45) is 9.31. The van der Waals surface area contributed by atoms with Gasteiger partial charge in [-0.15, -0.1) is 10.2 Å². The van der Waals surface area contributed by atoms with Crippen molar-refractivity contribution in [3.05, 3.63) is 18.1 Å². The summed E-state index contributed by atoms with van der Waals surface area (Å²) in [6, 6.07) is 2.15. The van der Waals surface area contributed by atoms with Crippen molar-refractivity contribution in [2.75, 3.05) is 38.1 Å². The lowest BCUT2D eigenvalue weighted by molar-refractivity contribution is 0.283. The summed E-state index contributed by atoms with van der Waals surface area (Å²) in [5, 5.41) is 12.7. The van der Waals surface area contributed by atoms with E-state index >= 15 is 0 Å². The lowest BCUT2D eigenvalue weighted by atomic mass is 10.2. The molecule has 0 bridgehead atoms. The monoisotopic (exact) mass is 316 g/mol. The highest BCUT2D eigenvalue weighted by atomic mass is 15.4. The van der Waals surface area contributed by atoms with Gasteiger partial charge >= 0.3 is 0 Å². The van der Waals surface area contributed by atoms with Crippen molar-refractivity contribution in [1.29, 1.82) is 0 Å². The van der Waals surface area contributed by atoms with Gasteiger partial charge in [-0.1, -0.05) is 19.8 Å². The largest absolute Gasteiger partial charge is 0.371 e. The van der Waals surface area contributed by atoms with Crippen molar-refractivity contribution < 1.29 is 0 Å². The van der Waals surface area contributed by atoms with E-state index in [1.54, 1.807) is 10.8 Å². The molecular formula is C17H28N6. The number of fused-ring (bicyclic) bond motifs is 1. The van der Waals surface area contributed by atoms with Crippen LogP contribution in [0.15, 0.2) is 12.4 Å². The highest BCUT2D eigenvalue weighted by Gasteiger charge is 2.13. The number of hydrogen-bond donors (Lipinski definition) is 0. The van der Waals surface area contributed by atoms with Gasteiger partial charge in [-0.3, -0.25) is 0 Å². The van der Waals surface area contributed by atoms with Crippen LogP contribution in [0.2, 0.25) is 0 Å². The van der Waals surface area contributed by atoms with Crippen LogP contribution in [-0.2, 0) is 6.42 Å². The molecule has 0 aliphatic carbocycles. The second kappa shape index (κ2) is 7.73. The molecule has 1 saturated heterocycles. The van der Waals surface area contributed by atoms with Crippen LogP contribution in [0.5, 0.6) is 0 Å². The van der Waals surface area contributed by atoms with Crippen LogP contribution in [0, 0.1) is 0 Å². The van der Waals surface area contributed by atoms with Crippen molar-refractivity contribution in [3.8, 4) is 0 Å². The molecule has 23 heavy (non-hydrogen) atoms. The molecule has 1 aliphatic heterocycles. The lowest BCUT2D eigenvalue weighted by Crippen LogP contribution is -2.29. The number of hydrogen-bond acceptors (Lipinski definition) is 5. The molecule has 0 aromatic carbocycles. The van der Waals surface area contributed by atoms with Crippen LogP contribution in [0.3, 0.4) is 0 Å². The Hall–Kier alpha value is -1.69. The zero-order valence-electron chi connectivity index (χ0n) is 14.4. The Morgan fingerprint density at radius 2 is 1.96 bits per heavy atom. The normalized spacial score (nSPS) is 16.6. The first-order valence-electron chi connectivity index (χ1n) is 8.91. The van der Waals surface area contributed by atoms with Crippen LogP contribution in [0.4, 0.5) is 5.69 Å². The molecule has 6 heteroatoms. The molecule has 0 saturated carbocycles. The van der Waals surface area contributed by atoms with E-state index in [1.807, 2.05) is 0 Å². The van der Waals surface area contributed by atoms with Crippen LogP contribution in [0.1, 0.15) is 44.7 Å². The molecule has 0 spiro atoms. The minimum absolute atomic E-state index is 0.847. The predicted octanol–water partition coefficient (Wildman–Crippen LogP) is 2.39. The van der Waals surface area contributed by atoms with Crippen LogP contribution in [-0.4, -0.2) is 57.9 Å². The van der Waals surface area contributed by atoms with Gasteiger partial charge in [-0.25, -0.2) is 0 Å². The first kappa shape index (κ1) is 16.2. The van der Waals surface area contributed by atoms with E-state index in [0.717, 1.165) is 30.0 Å². The highest BCUT2D eigenvalue weighted by molar-refractivity contribution is 5.67. The fourth-order valence-corrected chi connectivity index (χ4v) is 3.33. The van der Waals surface area contributed by atoms with E-state index in [0.29, 0.717) is 0 Å². The number of aryl methyl sites for hydroxylation is 1. The standard InChI is InChI=1S/C17H28N6/c1-3-15-13-16(17-19-18-14-23(17)20-15)21(2)9-8-12-22-10-6-4-5-7-11-22/h13-14H,3-12H2,1-2H3. The van der Waals surface area contributed by atoms with Crippen molar-refractivity contribution in [2.45, 2.75) is 45.4 Å². The molecule has 3 heterocycles. The van der Waals surface area contributed by atoms with Gasteiger partial charge in [-0.2, -0.15) is 9.61 Å². The van der Waals surface area contributed by atoms with Crippen molar-refractivity contribution in [1.82, 2.24) is 24.7 Å². The van der Waals surface area contributed by atoms with Gasteiger partial charge in [0.25, 0.3) is 0 Å². The molecular weight excluding hydrogens is 288 g/mol. The molecule has 2 aromatic rings. The minimum Gasteiger partial charge on any atom is -0.371 e. The van der Waals surface area contributed by atoms with Crippen molar-refractivity contribution in [2.24, 2.45) is 0 Å². The topological polar surface area (TPSA) is 49.6 Å². The highest BCUT2D eigenvalue weighted by Crippen LogP contribution is 2.20. The maximum atomic E-state index is 4.52. The third kappa shape index (κ3) is 3.99. The van der Waals surface area contributed by atoms with Crippen LogP contribution >= 0.6 is 0 Å². The predicted molar refractivity (Wildman–Crippen MR) is 93.0 cm³/mol. The summed E-state index contributed by atoms with van der Waals surface area (Å²) >= 11 is 0. The zero-order chi connectivity index (χ0) is 16.1. The average Bonchev–Trinajstić information content (AvgIpc) is 2.89. The van der Waals surface area contributed by atoms with Gasteiger partial charge in [0.05, 0.1) is 11.4 Å². The van der Waals surface area contributed by atoms with E-state index < -0.39 is 0 Å². The summed E-state index contributed by atoms with van der Waals surface area (Å²) in [5.74, 6) is 0. The second-order valence-electron chi connectivity index (χ2n) is 6.50. The summed E-state index contributed by atoms with van der Waals surface area (Å²) in [6.45, 7) is 6.90. The SMILES string of the molecule is CCc1cc(N(C)CCCN2CCCCCC2)c2nncn2n1. The van der Waals surface area contributed by atoms with E-state index in [4.69, 9.17) is 0 Å². The summed E-state index contributed by atoms with van der Waals surface area (Å²) < 4.78 is 1.79. The van der Waals surface area contributed by atoms with Gasteiger partial charge in [0.2, 0.25) is 5.65 Å². The fraction of sp³-hybridized carbons (Fsp3) is 0.706. The average molecular weight is 316 g/mol. The molecule has 0 amide bonds. The molecule has 3 rings (SSSR count). The Bertz CT molecular complexity index is 615. The van der Waals surface area contributed by atoms with Gasteiger partial charge in [0, 0.05) is 13.6 Å². The third-order valence-corrected chi connectivity index (χ3v) is 4.74. The number of likely N-dealkylation sites (tertiary alicyclic amines) is 1. The Kier molecular flexibility index (Phi) is 5.43. The maximum absolute atomic E-state index is 4.52. The Labute approximate surface area is 138 Å². The Morgan fingerprint density at radius 1 is 1.17 bits per heavy atom. The summed E-state index contributed by atoms with van der Waals surface area (Å²) in [7, 11) is 2.14. The zero-order valence-corrected chi connectivity index (χ0v) is 14.4. The number of rotatable bonds is 6. The molecule has 0 N–H and O–H groups in total. The van der Waals surface area contributed by atoms with Gasteiger partial charge in [-0.05, 0) is 51.4 Å². The lowest BCUT2D eigenvalue weighted by Gasteiger charge is -2.23. The molecule has 1 fully saturated rings. The van der Waals surface area contributed by atoms with Gasteiger partial charge in [0.1, 0.15) is 6.33 Å². The van der Waals surface area contributed by atoms with E-state index in [9.17, 15) is 0 Å². The smallest absolute Gasteiger partial charge is 0.200 e.